The standard InChI is InChI=1S/C23H21ClN4O5/c1-12-9-19(29)26-22-20(13-5-7-14(31-2)8-6-13)21(27-28(12)22)23(30)25-16-10-15(24)17(32-3)11-18(16)33-4/h5-11H,1-4H3,(H,25,30)(H,26,29). The lowest BCUT2D eigenvalue weighted by atomic mass is 10.0. The molecule has 4 rings (SSSR count). The first kappa shape index (κ1) is 22.2. The first-order valence-corrected chi connectivity index (χ1v) is 10.2. The zero-order valence-electron chi connectivity index (χ0n) is 18.4. The van der Waals surface area contributed by atoms with Gasteiger partial charge >= 0.3 is 0 Å². The molecule has 4 aromatic rings. The fourth-order valence-corrected chi connectivity index (χ4v) is 3.76. The van der Waals surface area contributed by atoms with Gasteiger partial charge in [0.2, 0.25) is 0 Å². The van der Waals surface area contributed by atoms with Gasteiger partial charge in [-0.05, 0) is 30.7 Å². The van der Waals surface area contributed by atoms with E-state index in [0.29, 0.717) is 50.4 Å². The van der Waals surface area contributed by atoms with Gasteiger partial charge < -0.3 is 24.5 Å². The summed E-state index contributed by atoms with van der Waals surface area (Å²) >= 11 is 6.24. The van der Waals surface area contributed by atoms with Crippen LogP contribution in [0.5, 0.6) is 17.2 Å². The number of rotatable bonds is 6. The molecule has 10 heteroatoms. The molecule has 0 saturated heterocycles. The summed E-state index contributed by atoms with van der Waals surface area (Å²) in [6.07, 6.45) is 0. The van der Waals surface area contributed by atoms with Crippen molar-refractivity contribution in [3.05, 3.63) is 69.2 Å². The van der Waals surface area contributed by atoms with Crippen molar-refractivity contribution in [2.45, 2.75) is 6.92 Å². The Kier molecular flexibility index (Phi) is 5.97. The molecule has 9 nitrogen and oxygen atoms in total. The number of nitrogens with one attached hydrogen (secondary N) is 2. The van der Waals surface area contributed by atoms with Crippen LogP contribution in [-0.2, 0) is 0 Å². The number of aryl methyl sites for hydroxylation is 1. The average molecular weight is 469 g/mol. The summed E-state index contributed by atoms with van der Waals surface area (Å²) in [5.74, 6) is 0.920. The topological polar surface area (TPSA) is 107 Å². The Morgan fingerprint density at radius 2 is 1.73 bits per heavy atom. The summed E-state index contributed by atoms with van der Waals surface area (Å²) in [5, 5.41) is 7.59. The second-order valence-electron chi connectivity index (χ2n) is 7.13. The van der Waals surface area contributed by atoms with E-state index in [1.807, 2.05) is 0 Å². The third-order valence-corrected chi connectivity index (χ3v) is 5.41. The molecule has 0 spiro atoms. The van der Waals surface area contributed by atoms with Crippen molar-refractivity contribution >= 4 is 28.8 Å². The van der Waals surface area contributed by atoms with E-state index in [4.69, 9.17) is 25.8 Å². The van der Waals surface area contributed by atoms with E-state index in [-0.39, 0.29) is 11.3 Å². The van der Waals surface area contributed by atoms with E-state index >= 15 is 0 Å². The minimum absolute atomic E-state index is 0.110. The lowest BCUT2D eigenvalue weighted by Gasteiger charge is -2.13. The quantitative estimate of drug-likeness (QED) is 0.444. The van der Waals surface area contributed by atoms with Crippen LogP contribution in [0.4, 0.5) is 5.69 Å². The number of aromatic amines is 1. The number of hydrogen-bond acceptors (Lipinski definition) is 6. The molecule has 0 saturated carbocycles. The molecule has 0 fully saturated rings. The maximum atomic E-state index is 13.4. The molecule has 2 aromatic heterocycles. The van der Waals surface area contributed by atoms with Crippen LogP contribution in [-0.4, -0.2) is 41.8 Å². The molecule has 0 unspecified atom stereocenters. The molecule has 0 atom stereocenters. The Labute approximate surface area is 193 Å². The van der Waals surface area contributed by atoms with Crippen molar-refractivity contribution in [3.63, 3.8) is 0 Å². The molecule has 2 aromatic carbocycles. The van der Waals surface area contributed by atoms with Crippen LogP contribution in [0, 0.1) is 6.92 Å². The van der Waals surface area contributed by atoms with Gasteiger partial charge in [0.05, 0.1) is 37.6 Å². The number of methoxy groups -OCH3 is 3. The lowest BCUT2D eigenvalue weighted by molar-refractivity contribution is 0.102. The monoisotopic (exact) mass is 468 g/mol. The molecule has 0 aliphatic carbocycles. The minimum Gasteiger partial charge on any atom is -0.497 e. The molecule has 170 valence electrons. The lowest BCUT2D eigenvalue weighted by Crippen LogP contribution is -2.14. The smallest absolute Gasteiger partial charge is 0.277 e. The molecule has 0 bridgehead atoms. The number of fused-ring (bicyclic) bond motifs is 1. The Balaban J connectivity index is 1.87. The maximum absolute atomic E-state index is 13.4. The average Bonchev–Trinajstić information content (AvgIpc) is 3.19. The van der Waals surface area contributed by atoms with Gasteiger partial charge in [-0.25, -0.2) is 4.52 Å². The molecule has 0 radical (unpaired) electrons. The van der Waals surface area contributed by atoms with E-state index in [1.165, 1.54) is 30.9 Å². The van der Waals surface area contributed by atoms with Gasteiger partial charge in [0.15, 0.2) is 5.69 Å². The third-order valence-electron chi connectivity index (χ3n) is 5.12. The largest absolute Gasteiger partial charge is 0.497 e. The number of halogens is 1. The van der Waals surface area contributed by atoms with Crippen molar-refractivity contribution in [2.24, 2.45) is 0 Å². The van der Waals surface area contributed by atoms with Gasteiger partial charge in [-0.3, -0.25) is 9.59 Å². The molecule has 0 aliphatic rings. The summed E-state index contributed by atoms with van der Waals surface area (Å²) in [5.41, 5.74) is 2.27. The predicted octanol–water partition coefficient (Wildman–Crippen LogP) is 3.93. The molecular weight excluding hydrogens is 448 g/mol. The zero-order valence-corrected chi connectivity index (χ0v) is 19.1. The van der Waals surface area contributed by atoms with Gasteiger partial charge in [-0.2, -0.15) is 5.10 Å². The number of aromatic nitrogens is 3. The highest BCUT2D eigenvalue weighted by Gasteiger charge is 2.24. The Bertz CT molecular complexity index is 1410. The van der Waals surface area contributed by atoms with Crippen molar-refractivity contribution < 1.29 is 19.0 Å². The van der Waals surface area contributed by atoms with E-state index < -0.39 is 5.91 Å². The Morgan fingerprint density at radius 3 is 2.36 bits per heavy atom. The highest BCUT2D eigenvalue weighted by Crippen LogP contribution is 2.37. The number of ether oxygens (including phenoxy) is 3. The fourth-order valence-electron chi connectivity index (χ4n) is 3.52. The molecule has 2 N–H and O–H groups in total. The van der Waals surface area contributed by atoms with Crippen LogP contribution in [0.25, 0.3) is 16.8 Å². The molecule has 0 aliphatic heterocycles. The predicted molar refractivity (Wildman–Crippen MR) is 125 cm³/mol. The van der Waals surface area contributed by atoms with Gasteiger partial charge in [0.1, 0.15) is 22.9 Å². The normalized spacial score (nSPS) is 10.8. The number of H-pyrrole nitrogens is 1. The molecular formula is C23H21ClN4O5. The van der Waals surface area contributed by atoms with Crippen molar-refractivity contribution in [1.82, 2.24) is 14.6 Å². The third kappa shape index (κ3) is 4.10. The van der Waals surface area contributed by atoms with E-state index in [9.17, 15) is 9.59 Å². The van der Waals surface area contributed by atoms with Gasteiger partial charge in [0.25, 0.3) is 11.5 Å². The summed E-state index contributed by atoms with van der Waals surface area (Å²) in [7, 11) is 4.53. The first-order valence-electron chi connectivity index (χ1n) is 9.86. The zero-order chi connectivity index (χ0) is 23.7. The summed E-state index contributed by atoms with van der Waals surface area (Å²) < 4.78 is 17.3. The second-order valence-corrected chi connectivity index (χ2v) is 7.54. The van der Waals surface area contributed by atoms with E-state index in [1.54, 1.807) is 44.4 Å². The fraction of sp³-hybridized carbons (Fsp3) is 0.174. The number of carbonyl (C=O) groups excluding carboxylic acids is 1. The van der Waals surface area contributed by atoms with Crippen LogP contribution >= 0.6 is 11.6 Å². The number of hydrogen-bond donors (Lipinski definition) is 2. The highest BCUT2D eigenvalue weighted by molar-refractivity contribution is 6.32. The van der Waals surface area contributed by atoms with E-state index in [2.05, 4.69) is 15.4 Å². The Morgan fingerprint density at radius 1 is 1.03 bits per heavy atom. The van der Waals surface area contributed by atoms with Crippen LogP contribution < -0.4 is 25.1 Å². The molecule has 1 amide bonds. The van der Waals surface area contributed by atoms with Crippen molar-refractivity contribution in [1.29, 1.82) is 0 Å². The van der Waals surface area contributed by atoms with Gasteiger partial charge in [-0.15, -0.1) is 0 Å². The van der Waals surface area contributed by atoms with Crippen LogP contribution in [0.1, 0.15) is 16.2 Å². The van der Waals surface area contributed by atoms with E-state index in [0.717, 1.165) is 0 Å². The van der Waals surface area contributed by atoms with Gasteiger partial charge in [-0.1, -0.05) is 23.7 Å². The minimum atomic E-state index is -0.510. The Hall–Kier alpha value is -3.98. The molecule has 33 heavy (non-hydrogen) atoms. The summed E-state index contributed by atoms with van der Waals surface area (Å²) in [4.78, 5) is 28.4. The SMILES string of the molecule is COc1ccc(-c2c(C(=O)Nc3cc(Cl)c(OC)cc3OC)nn3c(C)cc(=O)[nH]c23)cc1. The molecule has 2 heterocycles. The second kappa shape index (κ2) is 8.87. The van der Waals surface area contributed by atoms with Crippen LogP contribution in [0.3, 0.4) is 0 Å². The number of nitrogens with zero attached hydrogens (tertiary/aromatic N) is 2. The van der Waals surface area contributed by atoms with Crippen molar-refractivity contribution in [2.75, 3.05) is 26.6 Å². The summed E-state index contributed by atoms with van der Waals surface area (Å²) in [6, 6.07) is 11.6. The van der Waals surface area contributed by atoms with Crippen LogP contribution in [0.2, 0.25) is 5.02 Å². The summed E-state index contributed by atoms with van der Waals surface area (Å²) in [6.45, 7) is 1.74. The number of carbonyl (C=O) groups is 1. The highest BCUT2D eigenvalue weighted by atomic mass is 35.5. The van der Waals surface area contributed by atoms with Gasteiger partial charge in [0, 0.05) is 17.8 Å². The maximum Gasteiger partial charge on any atom is 0.277 e. The number of anilines is 1. The number of benzene rings is 2. The first-order chi connectivity index (χ1) is 15.9. The number of amides is 1. The van der Waals surface area contributed by atoms with Crippen molar-refractivity contribution in [3.8, 4) is 28.4 Å². The van der Waals surface area contributed by atoms with Crippen LogP contribution in [0.15, 0.2) is 47.3 Å².